The minimum Gasteiger partial charge on any atom is -0.481 e. The third kappa shape index (κ3) is 2.02. The van der Waals surface area contributed by atoms with Crippen molar-refractivity contribution in [3.63, 3.8) is 0 Å². The Morgan fingerprint density at radius 1 is 1.29 bits per heavy atom. The molecule has 17 heavy (non-hydrogen) atoms. The summed E-state index contributed by atoms with van der Waals surface area (Å²) in [6.07, 6.45) is 3.57. The van der Waals surface area contributed by atoms with Gasteiger partial charge in [-0.2, -0.15) is 0 Å². The molecule has 1 saturated carbocycles. The molecule has 4 rings (SSSR count). The predicted octanol–water partition coefficient (Wildman–Crippen LogP) is 2.30. The van der Waals surface area contributed by atoms with Crippen molar-refractivity contribution in [2.45, 2.75) is 31.7 Å². The number of aryl methyl sites for hydroxylation is 1. The van der Waals surface area contributed by atoms with E-state index in [2.05, 4.69) is 29.2 Å². The molecule has 1 aromatic rings. The second-order valence-electron chi connectivity index (χ2n) is 5.20. The maximum Gasteiger partial charge on any atom is 0.303 e. The smallest absolute Gasteiger partial charge is 0.303 e. The number of benzene rings is 1. The summed E-state index contributed by atoms with van der Waals surface area (Å²) in [7, 11) is 0. The van der Waals surface area contributed by atoms with Crippen LogP contribution in [-0.4, -0.2) is 23.7 Å². The summed E-state index contributed by atoms with van der Waals surface area (Å²) in [5, 5.41) is 8.63. The van der Waals surface area contributed by atoms with Gasteiger partial charge in [0.25, 0.3) is 0 Å². The number of aliphatic carboxylic acids is 1. The highest BCUT2D eigenvalue weighted by Gasteiger charge is 2.42. The van der Waals surface area contributed by atoms with Crippen molar-refractivity contribution in [1.29, 1.82) is 0 Å². The maximum absolute atomic E-state index is 10.5. The van der Waals surface area contributed by atoms with Gasteiger partial charge in [-0.25, -0.2) is 0 Å². The fraction of sp³-hybridized carbons (Fsp3) is 0.500. The fourth-order valence-electron chi connectivity index (χ4n) is 2.95. The number of carbonyl (C=O) groups is 1. The summed E-state index contributed by atoms with van der Waals surface area (Å²) in [5.41, 5.74) is 2.41. The van der Waals surface area contributed by atoms with Gasteiger partial charge in [0, 0.05) is 24.7 Å². The molecule has 90 valence electrons. The SMILES string of the molecule is O=C(O)CCc1ccc(N2CC3CC2C3)cc1. The molecule has 1 N–H and O–H groups in total. The van der Waals surface area contributed by atoms with Crippen LogP contribution >= 0.6 is 0 Å². The summed E-state index contributed by atoms with van der Waals surface area (Å²) in [6.45, 7) is 1.21. The lowest BCUT2D eigenvalue weighted by Gasteiger charge is -2.27. The van der Waals surface area contributed by atoms with E-state index in [9.17, 15) is 4.79 Å². The van der Waals surface area contributed by atoms with Crippen LogP contribution in [0.25, 0.3) is 0 Å². The zero-order chi connectivity index (χ0) is 11.8. The van der Waals surface area contributed by atoms with Crippen LogP contribution in [0.3, 0.4) is 0 Å². The summed E-state index contributed by atoms with van der Waals surface area (Å²) in [6, 6.07) is 9.17. The largest absolute Gasteiger partial charge is 0.481 e. The molecule has 0 aromatic heterocycles. The first-order valence-electron chi connectivity index (χ1n) is 6.30. The first kappa shape index (κ1) is 10.6. The van der Waals surface area contributed by atoms with Gasteiger partial charge in [0.1, 0.15) is 0 Å². The van der Waals surface area contributed by atoms with Crippen molar-refractivity contribution in [3.8, 4) is 0 Å². The molecule has 0 atom stereocenters. The van der Waals surface area contributed by atoms with Gasteiger partial charge in [-0.05, 0) is 42.9 Å². The molecule has 3 nitrogen and oxygen atoms in total. The van der Waals surface area contributed by atoms with Crippen LogP contribution in [0.4, 0.5) is 5.69 Å². The molecular weight excluding hydrogens is 214 g/mol. The minimum absolute atomic E-state index is 0.216. The molecule has 2 heterocycles. The van der Waals surface area contributed by atoms with Crippen molar-refractivity contribution < 1.29 is 9.90 Å². The number of anilines is 1. The van der Waals surface area contributed by atoms with E-state index in [0.29, 0.717) is 6.42 Å². The van der Waals surface area contributed by atoms with Crippen LogP contribution < -0.4 is 4.90 Å². The first-order valence-corrected chi connectivity index (χ1v) is 6.30. The van der Waals surface area contributed by atoms with Crippen molar-refractivity contribution in [2.24, 2.45) is 5.92 Å². The molecule has 2 aliphatic heterocycles. The molecule has 3 aliphatic rings. The quantitative estimate of drug-likeness (QED) is 0.864. The van der Waals surface area contributed by atoms with Crippen molar-refractivity contribution in [3.05, 3.63) is 29.8 Å². The lowest BCUT2D eigenvalue weighted by Crippen LogP contribution is -2.28. The van der Waals surface area contributed by atoms with E-state index in [0.717, 1.165) is 17.5 Å². The molecular formula is C14H17NO2. The Bertz CT molecular complexity index is 420. The summed E-state index contributed by atoms with van der Waals surface area (Å²) in [5.74, 6) is 0.195. The van der Waals surface area contributed by atoms with E-state index in [1.54, 1.807) is 0 Å². The van der Waals surface area contributed by atoms with Crippen LogP contribution in [0.2, 0.25) is 0 Å². The molecule has 0 spiro atoms. The average molecular weight is 231 g/mol. The lowest BCUT2D eigenvalue weighted by atomic mass is 9.86. The standard InChI is InChI=1S/C14H17NO2/c16-14(17)6-3-10-1-4-12(5-2-10)15-9-11-7-13(15)8-11/h1-2,4-5,11,13H,3,6-9H2,(H,16,17). The summed E-state index contributed by atoms with van der Waals surface area (Å²) in [4.78, 5) is 13.0. The molecule has 3 fully saturated rings. The Hall–Kier alpha value is -1.51. The Labute approximate surface area is 101 Å². The highest BCUT2D eigenvalue weighted by Crippen LogP contribution is 2.43. The monoisotopic (exact) mass is 231 g/mol. The van der Waals surface area contributed by atoms with E-state index in [1.165, 1.54) is 25.1 Å². The second kappa shape index (κ2) is 4.06. The molecule has 2 bridgehead atoms. The number of nitrogens with zero attached hydrogens (tertiary/aromatic N) is 1. The number of fused-ring (bicyclic) bond motifs is 1. The molecule has 3 heteroatoms. The molecule has 1 aliphatic carbocycles. The van der Waals surface area contributed by atoms with Gasteiger partial charge in [0.2, 0.25) is 0 Å². The number of rotatable bonds is 4. The zero-order valence-electron chi connectivity index (χ0n) is 9.80. The highest BCUT2D eigenvalue weighted by atomic mass is 16.4. The fourth-order valence-corrected chi connectivity index (χ4v) is 2.95. The van der Waals surface area contributed by atoms with Crippen LogP contribution in [0.5, 0.6) is 0 Å². The van der Waals surface area contributed by atoms with Crippen LogP contribution in [0.15, 0.2) is 24.3 Å². The zero-order valence-corrected chi connectivity index (χ0v) is 9.80. The summed E-state index contributed by atoms with van der Waals surface area (Å²) >= 11 is 0. The Balaban J connectivity index is 1.65. The lowest BCUT2D eigenvalue weighted by molar-refractivity contribution is -0.136. The van der Waals surface area contributed by atoms with Crippen LogP contribution in [0, 0.1) is 5.92 Å². The average Bonchev–Trinajstić information content (AvgIpc) is 2.85. The number of carboxylic acid groups (broad SMARTS) is 1. The Morgan fingerprint density at radius 2 is 2.00 bits per heavy atom. The highest BCUT2D eigenvalue weighted by molar-refractivity contribution is 5.67. The van der Waals surface area contributed by atoms with Crippen LogP contribution in [0.1, 0.15) is 24.8 Å². The summed E-state index contributed by atoms with van der Waals surface area (Å²) < 4.78 is 0. The van der Waals surface area contributed by atoms with Gasteiger partial charge < -0.3 is 10.0 Å². The Kier molecular flexibility index (Phi) is 2.54. The molecule has 0 amide bonds. The number of carboxylic acids is 1. The van der Waals surface area contributed by atoms with Gasteiger partial charge in [-0.3, -0.25) is 4.79 Å². The number of hydrogen-bond acceptors (Lipinski definition) is 2. The topological polar surface area (TPSA) is 40.5 Å². The number of hydrogen-bond donors (Lipinski definition) is 1. The van der Waals surface area contributed by atoms with Gasteiger partial charge in [0.05, 0.1) is 0 Å². The van der Waals surface area contributed by atoms with Gasteiger partial charge in [0.15, 0.2) is 0 Å². The molecule has 2 saturated heterocycles. The third-order valence-corrected chi connectivity index (χ3v) is 4.00. The van der Waals surface area contributed by atoms with E-state index in [4.69, 9.17) is 5.11 Å². The van der Waals surface area contributed by atoms with Gasteiger partial charge in [-0.15, -0.1) is 0 Å². The third-order valence-electron chi connectivity index (χ3n) is 4.00. The van der Waals surface area contributed by atoms with E-state index in [1.807, 2.05) is 0 Å². The molecule has 0 unspecified atom stereocenters. The van der Waals surface area contributed by atoms with Crippen molar-refractivity contribution in [1.82, 2.24) is 0 Å². The van der Waals surface area contributed by atoms with E-state index in [-0.39, 0.29) is 6.42 Å². The second-order valence-corrected chi connectivity index (χ2v) is 5.20. The van der Waals surface area contributed by atoms with Gasteiger partial charge >= 0.3 is 5.97 Å². The maximum atomic E-state index is 10.5. The Morgan fingerprint density at radius 3 is 2.53 bits per heavy atom. The normalized spacial score (nSPS) is 25.8. The van der Waals surface area contributed by atoms with E-state index >= 15 is 0 Å². The molecule has 0 radical (unpaired) electrons. The van der Waals surface area contributed by atoms with Crippen molar-refractivity contribution in [2.75, 3.05) is 11.4 Å². The first-order chi connectivity index (χ1) is 8.22. The van der Waals surface area contributed by atoms with E-state index < -0.39 is 5.97 Å². The van der Waals surface area contributed by atoms with Gasteiger partial charge in [-0.1, -0.05) is 12.1 Å². The molecule has 1 aromatic carbocycles. The van der Waals surface area contributed by atoms with Crippen LogP contribution in [-0.2, 0) is 11.2 Å². The minimum atomic E-state index is -0.727. The predicted molar refractivity (Wildman–Crippen MR) is 66.3 cm³/mol. The van der Waals surface area contributed by atoms with Crippen molar-refractivity contribution >= 4 is 11.7 Å².